The third kappa shape index (κ3) is 2.85. The Kier molecular flexibility index (Phi) is 4.21. The minimum absolute atomic E-state index is 0.0522. The Morgan fingerprint density at radius 1 is 1.24 bits per heavy atom. The first kappa shape index (κ1) is 18.3. The van der Waals surface area contributed by atoms with Crippen molar-refractivity contribution in [3.05, 3.63) is 54.5 Å². The molecule has 5 rings (SSSR count). The number of halogens is 1. The summed E-state index contributed by atoms with van der Waals surface area (Å²) in [5.74, 6) is 0.0369. The van der Waals surface area contributed by atoms with Crippen molar-refractivity contribution < 1.29 is 17.3 Å². The molecule has 1 aliphatic carbocycles. The average molecular weight is 415 g/mol. The fraction of sp³-hybridized carbons (Fsp3) is 0.368. The van der Waals surface area contributed by atoms with Crippen LogP contribution in [0.5, 0.6) is 0 Å². The van der Waals surface area contributed by atoms with Gasteiger partial charge in [0.15, 0.2) is 5.82 Å². The fourth-order valence-electron chi connectivity index (χ4n) is 4.52. The summed E-state index contributed by atoms with van der Waals surface area (Å²) in [6.45, 7) is 0.513. The van der Waals surface area contributed by atoms with Gasteiger partial charge in [-0.15, -0.1) is 0 Å². The summed E-state index contributed by atoms with van der Waals surface area (Å²) in [5.41, 5.74) is -0.0755. The third-order valence-corrected chi connectivity index (χ3v) is 7.79. The fourth-order valence-corrected chi connectivity index (χ4v) is 6.14. The van der Waals surface area contributed by atoms with Crippen molar-refractivity contribution in [3.63, 3.8) is 0 Å². The number of hydrogen-bond donors (Lipinski definition) is 0. The third-order valence-electron chi connectivity index (χ3n) is 5.95. The van der Waals surface area contributed by atoms with Gasteiger partial charge in [0.05, 0.1) is 11.6 Å². The summed E-state index contributed by atoms with van der Waals surface area (Å²) in [6.07, 6.45) is 7.18. The highest BCUT2D eigenvalue weighted by molar-refractivity contribution is 7.89. The molecule has 0 bridgehead atoms. The molecule has 3 heterocycles. The monoisotopic (exact) mass is 415 g/mol. The summed E-state index contributed by atoms with van der Waals surface area (Å²) in [7, 11) is -3.95. The number of aromatic nitrogens is 4. The molecule has 1 aliphatic heterocycles. The topological polar surface area (TPSA) is 102 Å². The van der Waals surface area contributed by atoms with Crippen LogP contribution in [0.2, 0.25) is 0 Å². The predicted octanol–water partition coefficient (Wildman–Crippen LogP) is 2.41. The van der Waals surface area contributed by atoms with E-state index in [1.54, 1.807) is 6.20 Å². The lowest BCUT2D eigenvalue weighted by Crippen LogP contribution is -2.35. The number of rotatable bonds is 4. The molecule has 8 nitrogen and oxygen atoms in total. The van der Waals surface area contributed by atoms with Gasteiger partial charge in [-0.25, -0.2) is 17.8 Å². The number of nitrogens with zero attached hydrogens (tertiary/aromatic N) is 5. The first-order valence-electron chi connectivity index (χ1n) is 9.36. The van der Waals surface area contributed by atoms with Crippen molar-refractivity contribution in [1.29, 1.82) is 0 Å². The van der Waals surface area contributed by atoms with Gasteiger partial charge in [0.1, 0.15) is 16.4 Å². The molecule has 1 aromatic carbocycles. The van der Waals surface area contributed by atoms with E-state index in [2.05, 4.69) is 20.1 Å². The molecule has 2 aromatic heterocycles. The van der Waals surface area contributed by atoms with E-state index in [-0.39, 0.29) is 23.2 Å². The maximum Gasteiger partial charge on any atom is 0.278 e. The van der Waals surface area contributed by atoms with Gasteiger partial charge in [-0.1, -0.05) is 23.7 Å². The lowest BCUT2D eigenvalue weighted by Gasteiger charge is -2.24. The number of sulfonamides is 1. The summed E-state index contributed by atoms with van der Waals surface area (Å²) >= 11 is 0. The number of benzene rings is 1. The van der Waals surface area contributed by atoms with E-state index in [4.69, 9.17) is 4.52 Å². The number of fused-ring (bicyclic) bond motifs is 1. The highest BCUT2D eigenvalue weighted by Gasteiger charge is 2.56. The first-order valence-corrected chi connectivity index (χ1v) is 10.8. The van der Waals surface area contributed by atoms with E-state index < -0.39 is 21.3 Å². The molecular formula is C19H18FN5O3S. The molecule has 0 spiro atoms. The van der Waals surface area contributed by atoms with Gasteiger partial charge in [0, 0.05) is 25.5 Å². The average Bonchev–Trinajstić information content (AvgIpc) is 3.43. The molecule has 0 amide bonds. The van der Waals surface area contributed by atoms with Gasteiger partial charge in [0.25, 0.3) is 5.89 Å². The second-order valence-corrected chi connectivity index (χ2v) is 9.39. The molecule has 29 heavy (non-hydrogen) atoms. The van der Waals surface area contributed by atoms with Crippen LogP contribution in [0, 0.1) is 11.7 Å². The van der Waals surface area contributed by atoms with E-state index in [1.807, 2.05) is 0 Å². The molecule has 1 saturated carbocycles. The van der Waals surface area contributed by atoms with Crippen molar-refractivity contribution in [1.82, 2.24) is 24.4 Å². The summed E-state index contributed by atoms with van der Waals surface area (Å²) in [4.78, 5) is 12.4. The smallest absolute Gasteiger partial charge is 0.278 e. The van der Waals surface area contributed by atoms with E-state index in [9.17, 15) is 12.8 Å². The first-order chi connectivity index (χ1) is 14.0. The van der Waals surface area contributed by atoms with Crippen molar-refractivity contribution in [2.45, 2.75) is 29.6 Å². The van der Waals surface area contributed by atoms with Crippen LogP contribution in [-0.4, -0.2) is 45.9 Å². The molecule has 0 N–H and O–H groups in total. The highest BCUT2D eigenvalue weighted by atomic mass is 32.2. The minimum atomic E-state index is -3.95. The second-order valence-electron chi connectivity index (χ2n) is 7.49. The van der Waals surface area contributed by atoms with Gasteiger partial charge >= 0.3 is 0 Å². The van der Waals surface area contributed by atoms with E-state index in [1.165, 1.54) is 34.9 Å². The molecule has 1 saturated heterocycles. The molecule has 2 fully saturated rings. The molecule has 2 atom stereocenters. The lowest BCUT2D eigenvalue weighted by molar-refractivity contribution is 0.340. The SMILES string of the molecule is O=S(=O)(c1ccccc1F)N1C[C@H]2CCC[C@@]2(c2noc(-c3cnccn3)n2)C1. The van der Waals surface area contributed by atoms with Crippen molar-refractivity contribution in [3.8, 4) is 11.6 Å². The van der Waals surface area contributed by atoms with Gasteiger partial charge in [-0.05, 0) is 30.9 Å². The van der Waals surface area contributed by atoms with Crippen molar-refractivity contribution in [2.24, 2.45) is 5.92 Å². The Labute approximate surface area is 166 Å². The van der Waals surface area contributed by atoms with Gasteiger partial charge in [-0.2, -0.15) is 9.29 Å². The minimum Gasteiger partial charge on any atom is -0.332 e. The van der Waals surface area contributed by atoms with Crippen LogP contribution < -0.4 is 0 Å². The second kappa shape index (κ2) is 6.67. The quantitative estimate of drug-likeness (QED) is 0.645. The summed E-state index contributed by atoms with van der Waals surface area (Å²) in [5, 5.41) is 4.17. The zero-order valence-corrected chi connectivity index (χ0v) is 16.2. The van der Waals surface area contributed by atoms with E-state index >= 15 is 0 Å². The van der Waals surface area contributed by atoms with Crippen LogP contribution in [-0.2, 0) is 15.4 Å². The van der Waals surface area contributed by atoms with Crippen LogP contribution in [0.4, 0.5) is 4.39 Å². The van der Waals surface area contributed by atoms with Gasteiger partial charge < -0.3 is 4.52 Å². The largest absolute Gasteiger partial charge is 0.332 e. The van der Waals surface area contributed by atoms with E-state index in [0.717, 1.165) is 25.3 Å². The molecule has 150 valence electrons. The lowest BCUT2D eigenvalue weighted by atomic mass is 9.80. The number of hydrogen-bond acceptors (Lipinski definition) is 7. The predicted molar refractivity (Wildman–Crippen MR) is 99.5 cm³/mol. The van der Waals surface area contributed by atoms with Crippen LogP contribution in [0.1, 0.15) is 25.1 Å². The zero-order valence-electron chi connectivity index (χ0n) is 15.4. The molecule has 0 unspecified atom stereocenters. The van der Waals surface area contributed by atoms with Crippen LogP contribution in [0.15, 0.2) is 52.3 Å². The Balaban J connectivity index is 1.50. The van der Waals surface area contributed by atoms with Gasteiger partial charge in [0.2, 0.25) is 10.0 Å². The summed E-state index contributed by atoms with van der Waals surface area (Å²) < 4.78 is 47.1. The van der Waals surface area contributed by atoms with Crippen molar-refractivity contribution >= 4 is 10.0 Å². The van der Waals surface area contributed by atoms with Crippen LogP contribution in [0.25, 0.3) is 11.6 Å². The van der Waals surface area contributed by atoms with Crippen LogP contribution >= 0.6 is 0 Å². The van der Waals surface area contributed by atoms with Gasteiger partial charge in [-0.3, -0.25) is 4.98 Å². The molecule has 10 heteroatoms. The van der Waals surface area contributed by atoms with Crippen LogP contribution in [0.3, 0.4) is 0 Å². The Bertz CT molecular complexity index is 1150. The standard InChI is InChI=1S/C19H18FN5O3S/c20-14-5-1-2-6-16(14)29(26,27)25-11-13-4-3-7-19(13,12-25)18-23-17(28-24-18)15-10-21-8-9-22-15/h1-2,5-6,8-10,13H,3-4,7,11-12H2/t13-,19-/m1/s1. The normalized spacial score (nSPS) is 24.7. The zero-order chi connectivity index (χ0) is 20.1. The molecular weight excluding hydrogens is 397 g/mol. The molecule has 2 aliphatic rings. The maximum atomic E-state index is 14.2. The Morgan fingerprint density at radius 2 is 2.10 bits per heavy atom. The maximum absolute atomic E-state index is 14.2. The highest BCUT2D eigenvalue weighted by Crippen LogP contribution is 2.50. The molecule has 0 radical (unpaired) electrons. The Hall–Kier alpha value is -2.72. The van der Waals surface area contributed by atoms with E-state index in [0.29, 0.717) is 18.1 Å². The van der Waals surface area contributed by atoms with Crippen molar-refractivity contribution in [2.75, 3.05) is 13.1 Å². The summed E-state index contributed by atoms with van der Waals surface area (Å²) in [6, 6.07) is 5.45. The Morgan fingerprint density at radius 3 is 2.90 bits per heavy atom. The molecule has 3 aromatic rings.